The number of rotatable bonds is 14. The predicted molar refractivity (Wildman–Crippen MR) is 98.3 cm³/mol. The average molecular weight is 304 g/mol. The molecule has 0 fully saturated rings. The van der Waals surface area contributed by atoms with E-state index >= 15 is 0 Å². The Labute approximate surface area is 138 Å². The third-order valence-electron chi connectivity index (χ3n) is 4.70. The molecule has 1 atom stereocenters. The second kappa shape index (κ2) is 13.8. The first kappa shape index (κ1) is 19.2. The van der Waals surface area contributed by atoms with E-state index in [1.165, 1.54) is 89.0 Å². The second-order valence-electron chi connectivity index (χ2n) is 6.74. The third-order valence-corrected chi connectivity index (χ3v) is 4.70. The maximum Gasteiger partial charge on any atom is 0.0302 e. The molecule has 1 aromatic rings. The van der Waals surface area contributed by atoms with Crippen LogP contribution in [0, 0.1) is 0 Å². The van der Waals surface area contributed by atoms with Crippen LogP contribution in [0.1, 0.15) is 109 Å². The average Bonchev–Trinajstić information content (AvgIpc) is 2.56. The number of aromatic nitrogens is 1. The molecule has 1 aromatic heterocycles. The molecular weight excluding hydrogens is 266 g/mol. The van der Waals surface area contributed by atoms with Gasteiger partial charge in [-0.15, -0.1) is 0 Å². The van der Waals surface area contributed by atoms with Gasteiger partial charge in [0.25, 0.3) is 0 Å². The lowest BCUT2D eigenvalue weighted by molar-refractivity contribution is 0.504. The zero-order valence-electron chi connectivity index (χ0n) is 15.0. The largest absolute Gasteiger partial charge is 0.264 e. The van der Waals surface area contributed by atoms with E-state index in [-0.39, 0.29) is 0 Å². The molecule has 22 heavy (non-hydrogen) atoms. The summed E-state index contributed by atoms with van der Waals surface area (Å²) in [6, 6.07) is 4.33. The highest BCUT2D eigenvalue weighted by Crippen LogP contribution is 2.26. The van der Waals surface area contributed by atoms with Gasteiger partial charge < -0.3 is 0 Å². The summed E-state index contributed by atoms with van der Waals surface area (Å²) in [6.07, 6.45) is 22.1. The van der Waals surface area contributed by atoms with Crippen LogP contribution in [0.15, 0.2) is 24.5 Å². The van der Waals surface area contributed by atoms with Crippen molar-refractivity contribution in [2.75, 3.05) is 0 Å². The minimum atomic E-state index is 0.729. The van der Waals surface area contributed by atoms with Crippen molar-refractivity contribution in [3.63, 3.8) is 0 Å². The highest BCUT2D eigenvalue weighted by atomic mass is 14.6. The minimum absolute atomic E-state index is 0.729. The van der Waals surface area contributed by atoms with Crippen LogP contribution in [0.5, 0.6) is 0 Å². The van der Waals surface area contributed by atoms with Crippen molar-refractivity contribution in [3.05, 3.63) is 30.1 Å². The quantitative estimate of drug-likeness (QED) is 0.329. The molecule has 0 radical (unpaired) electrons. The summed E-state index contributed by atoms with van der Waals surface area (Å²) in [4.78, 5) is 4.29. The van der Waals surface area contributed by atoms with Crippen LogP contribution in [-0.2, 0) is 0 Å². The summed E-state index contributed by atoms with van der Waals surface area (Å²) in [6.45, 7) is 4.58. The van der Waals surface area contributed by atoms with E-state index in [4.69, 9.17) is 0 Å². The molecule has 0 N–H and O–H groups in total. The molecule has 0 aromatic carbocycles. The first-order valence-electron chi connectivity index (χ1n) is 9.78. The number of pyridine rings is 1. The number of hydrogen-bond acceptors (Lipinski definition) is 1. The van der Waals surface area contributed by atoms with Gasteiger partial charge in [0.05, 0.1) is 0 Å². The zero-order valence-corrected chi connectivity index (χ0v) is 15.0. The van der Waals surface area contributed by atoms with Crippen molar-refractivity contribution in [1.82, 2.24) is 4.98 Å². The fourth-order valence-electron chi connectivity index (χ4n) is 3.32. The Bertz CT molecular complexity index is 333. The lowest BCUT2D eigenvalue weighted by atomic mass is 9.90. The third kappa shape index (κ3) is 9.23. The van der Waals surface area contributed by atoms with Gasteiger partial charge in [0.1, 0.15) is 0 Å². The molecule has 0 aliphatic heterocycles. The van der Waals surface area contributed by atoms with E-state index in [1.54, 1.807) is 0 Å². The molecule has 0 bridgehead atoms. The molecule has 0 aliphatic carbocycles. The molecule has 1 heteroatoms. The molecule has 0 saturated carbocycles. The molecule has 126 valence electrons. The van der Waals surface area contributed by atoms with Gasteiger partial charge in [0, 0.05) is 12.4 Å². The summed E-state index contributed by atoms with van der Waals surface area (Å²) in [5, 5.41) is 0. The van der Waals surface area contributed by atoms with Crippen LogP contribution in [0.2, 0.25) is 0 Å². The molecule has 1 rings (SSSR count). The first-order valence-corrected chi connectivity index (χ1v) is 9.78. The van der Waals surface area contributed by atoms with Crippen molar-refractivity contribution in [2.24, 2.45) is 0 Å². The summed E-state index contributed by atoms with van der Waals surface area (Å²) >= 11 is 0. The van der Waals surface area contributed by atoms with Gasteiger partial charge in [-0.05, 0) is 30.4 Å². The lowest BCUT2D eigenvalue weighted by Gasteiger charge is -2.16. The van der Waals surface area contributed by atoms with Gasteiger partial charge in [-0.25, -0.2) is 0 Å². The fourth-order valence-corrected chi connectivity index (χ4v) is 3.32. The van der Waals surface area contributed by atoms with Crippen LogP contribution in [-0.4, -0.2) is 4.98 Å². The first-order chi connectivity index (χ1) is 10.9. The molecule has 1 nitrogen and oxygen atoms in total. The van der Waals surface area contributed by atoms with Gasteiger partial charge in [-0.3, -0.25) is 4.98 Å². The van der Waals surface area contributed by atoms with E-state index in [1.807, 2.05) is 6.20 Å². The Balaban J connectivity index is 2.04. The summed E-state index contributed by atoms with van der Waals surface area (Å²) in [7, 11) is 0. The molecule has 0 aliphatic rings. The SMILES string of the molecule is CCCCCCCCCCCCC(CCC)c1cccnc1. The van der Waals surface area contributed by atoms with Crippen molar-refractivity contribution >= 4 is 0 Å². The normalized spacial score (nSPS) is 12.5. The molecule has 0 spiro atoms. The van der Waals surface area contributed by atoms with E-state index in [0.717, 1.165) is 5.92 Å². The van der Waals surface area contributed by atoms with E-state index in [0.29, 0.717) is 0 Å². The molecule has 0 amide bonds. The van der Waals surface area contributed by atoms with Crippen LogP contribution in [0.3, 0.4) is 0 Å². The summed E-state index contributed by atoms with van der Waals surface area (Å²) in [5.74, 6) is 0.729. The van der Waals surface area contributed by atoms with E-state index < -0.39 is 0 Å². The number of unbranched alkanes of at least 4 members (excludes halogenated alkanes) is 9. The van der Waals surface area contributed by atoms with Crippen molar-refractivity contribution in [3.8, 4) is 0 Å². The Hall–Kier alpha value is -0.850. The summed E-state index contributed by atoms with van der Waals surface area (Å²) in [5.41, 5.74) is 1.44. The lowest BCUT2D eigenvalue weighted by Crippen LogP contribution is -1.99. The van der Waals surface area contributed by atoms with Gasteiger partial charge in [0.2, 0.25) is 0 Å². The molecular formula is C21H37N. The zero-order chi connectivity index (χ0) is 15.9. The van der Waals surface area contributed by atoms with Crippen LogP contribution in [0.4, 0.5) is 0 Å². The molecule has 1 unspecified atom stereocenters. The summed E-state index contributed by atoms with van der Waals surface area (Å²) < 4.78 is 0. The highest BCUT2D eigenvalue weighted by molar-refractivity contribution is 5.14. The van der Waals surface area contributed by atoms with Crippen molar-refractivity contribution in [2.45, 2.75) is 103 Å². The standard InChI is InChI=1S/C21H37N/c1-3-5-6-7-8-9-10-11-12-13-16-20(15-4-2)21-17-14-18-22-19-21/h14,17-20H,3-13,15-16H2,1-2H3. The maximum absolute atomic E-state index is 4.29. The van der Waals surface area contributed by atoms with E-state index in [9.17, 15) is 0 Å². The fraction of sp³-hybridized carbons (Fsp3) is 0.762. The Morgan fingerprint density at radius 2 is 1.41 bits per heavy atom. The molecule has 0 saturated heterocycles. The maximum atomic E-state index is 4.29. The van der Waals surface area contributed by atoms with Crippen molar-refractivity contribution < 1.29 is 0 Å². The second-order valence-corrected chi connectivity index (χ2v) is 6.74. The smallest absolute Gasteiger partial charge is 0.0302 e. The van der Waals surface area contributed by atoms with Crippen LogP contribution < -0.4 is 0 Å². The van der Waals surface area contributed by atoms with Crippen LogP contribution >= 0.6 is 0 Å². The van der Waals surface area contributed by atoms with Gasteiger partial charge >= 0.3 is 0 Å². The Morgan fingerprint density at radius 1 is 0.773 bits per heavy atom. The Kier molecular flexibility index (Phi) is 12.0. The van der Waals surface area contributed by atoms with E-state index in [2.05, 4.69) is 37.2 Å². The molecule has 1 heterocycles. The highest BCUT2D eigenvalue weighted by Gasteiger charge is 2.10. The Morgan fingerprint density at radius 3 is 1.95 bits per heavy atom. The van der Waals surface area contributed by atoms with Gasteiger partial charge in [-0.1, -0.05) is 90.5 Å². The van der Waals surface area contributed by atoms with Gasteiger partial charge in [0.15, 0.2) is 0 Å². The van der Waals surface area contributed by atoms with Gasteiger partial charge in [-0.2, -0.15) is 0 Å². The van der Waals surface area contributed by atoms with Crippen molar-refractivity contribution in [1.29, 1.82) is 0 Å². The van der Waals surface area contributed by atoms with Crippen LogP contribution in [0.25, 0.3) is 0 Å². The topological polar surface area (TPSA) is 12.9 Å². The minimum Gasteiger partial charge on any atom is -0.264 e. The number of hydrogen-bond donors (Lipinski definition) is 0. The monoisotopic (exact) mass is 303 g/mol. The number of nitrogens with zero attached hydrogens (tertiary/aromatic N) is 1. The predicted octanol–water partition coefficient (Wildman–Crippen LogP) is 7.28.